The van der Waals surface area contributed by atoms with Gasteiger partial charge in [-0.3, -0.25) is 4.98 Å². The van der Waals surface area contributed by atoms with Crippen molar-refractivity contribution in [2.75, 3.05) is 0 Å². The highest BCUT2D eigenvalue weighted by Gasteiger charge is 2.09. The third-order valence-corrected chi connectivity index (χ3v) is 3.30. The van der Waals surface area contributed by atoms with Crippen molar-refractivity contribution in [2.24, 2.45) is 5.73 Å². The van der Waals surface area contributed by atoms with Gasteiger partial charge in [-0.15, -0.1) is 0 Å². The Morgan fingerprint density at radius 3 is 2.65 bits per heavy atom. The molecule has 2 aromatic rings. The van der Waals surface area contributed by atoms with E-state index in [0.717, 1.165) is 16.6 Å². The number of nitrogens with zero attached hydrogens (tertiary/aromatic N) is 1. The normalized spacial score (nSPS) is 12.4. The lowest BCUT2D eigenvalue weighted by Gasteiger charge is -2.12. The lowest BCUT2D eigenvalue weighted by atomic mass is 10.00. The van der Waals surface area contributed by atoms with E-state index in [1.165, 1.54) is 11.1 Å². The largest absolute Gasteiger partial charge is 0.322 e. The number of hydrogen-bond donors (Lipinski definition) is 1. The fourth-order valence-electron chi connectivity index (χ4n) is 1.79. The molecule has 0 radical (unpaired) electrons. The van der Waals surface area contributed by atoms with E-state index in [1.807, 2.05) is 24.3 Å². The average molecular weight is 291 g/mol. The van der Waals surface area contributed by atoms with Crippen LogP contribution in [-0.4, -0.2) is 4.98 Å². The summed E-state index contributed by atoms with van der Waals surface area (Å²) in [7, 11) is 0. The first-order valence-electron chi connectivity index (χ1n) is 5.58. The molecule has 1 heterocycles. The molecular formula is C14H15BrN2. The molecule has 2 nitrogen and oxygen atoms in total. The van der Waals surface area contributed by atoms with E-state index >= 15 is 0 Å². The number of aryl methyl sites for hydroxylation is 1. The summed E-state index contributed by atoms with van der Waals surface area (Å²) < 4.78 is 0.976. The Kier molecular flexibility index (Phi) is 3.92. The molecule has 2 rings (SSSR count). The van der Waals surface area contributed by atoms with Gasteiger partial charge in [-0.25, -0.2) is 0 Å². The number of pyridine rings is 1. The van der Waals surface area contributed by atoms with E-state index in [1.54, 1.807) is 6.20 Å². The van der Waals surface area contributed by atoms with E-state index in [4.69, 9.17) is 5.73 Å². The maximum absolute atomic E-state index is 6.17. The molecule has 0 aliphatic heterocycles. The summed E-state index contributed by atoms with van der Waals surface area (Å²) in [4.78, 5) is 4.33. The number of hydrogen-bond acceptors (Lipinski definition) is 2. The zero-order valence-corrected chi connectivity index (χ0v) is 11.3. The Balaban J connectivity index is 2.14. The molecule has 0 amide bonds. The minimum atomic E-state index is -0.0517. The van der Waals surface area contributed by atoms with Crippen molar-refractivity contribution in [1.29, 1.82) is 0 Å². The smallest absolute Gasteiger partial charge is 0.0575 e. The van der Waals surface area contributed by atoms with Gasteiger partial charge in [0.15, 0.2) is 0 Å². The fraction of sp³-hybridized carbons (Fsp3) is 0.214. The van der Waals surface area contributed by atoms with Gasteiger partial charge in [0.05, 0.1) is 11.7 Å². The molecule has 2 N–H and O–H groups in total. The molecule has 88 valence electrons. The Bertz CT molecular complexity index is 494. The Labute approximate surface area is 110 Å². The van der Waals surface area contributed by atoms with Crippen LogP contribution in [0.5, 0.6) is 0 Å². The second-order valence-electron chi connectivity index (χ2n) is 4.14. The molecule has 0 bridgehead atoms. The van der Waals surface area contributed by atoms with Gasteiger partial charge in [-0.2, -0.15) is 0 Å². The van der Waals surface area contributed by atoms with E-state index in [0.29, 0.717) is 0 Å². The van der Waals surface area contributed by atoms with Crippen molar-refractivity contribution in [3.63, 3.8) is 0 Å². The highest BCUT2D eigenvalue weighted by molar-refractivity contribution is 9.10. The standard InChI is InChI=1S/C14H15BrN2/c1-10-4-2-3-5-11(10)8-13(16)14-7-6-12(15)9-17-14/h2-7,9,13H,8,16H2,1H3. The molecule has 1 aromatic carbocycles. The maximum Gasteiger partial charge on any atom is 0.0575 e. The van der Waals surface area contributed by atoms with E-state index in [2.05, 4.69) is 40.0 Å². The maximum atomic E-state index is 6.17. The first kappa shape index (κ1) is 12.3. The lowest BCUT2D eigenvalue weighted by molar-refractivity contribution is 0.693. The van der Waals surface area contributed by atoms with E-state index in [9.17, 15) is 0 Å². The summed E-state index contributed by atoms with van der Waals surface area (Å²) >= 11 is 3.37. The minimum Gasteiger partial charge on any atom is -0.322 e. The summed E-state index contributed by atoms with van der Waals surface area (Å²) in [5.41, 5.74) is 9.66. The summed E-state index contributed by atoms with van der Waals surface area (Å²) in [6.45, 7) is 2.11. The molecule has 1 aromatic heterocycles. The molecule has 0 fully saturated rings. The van der Waals surface area contributed by atoms with Gasteiger partial charge in [-0.1, -0.05) is 24.3 Å². The van der Waals surface area contributed by atoms with Crippen molar-refractivity contribution in [1.82, 2.24) is 4.98 Å². The lowest BCUT2D eigenvalue weighted by Crippen LogP contribution is -2.15. The van der Waals surface area contributed by atoms with Crippen LogP contribution in [0.1, 0.15) is 22.9 Å². The van der Waals surface area contributed by atoms with Gasteiger partial charge in [0.1, 0.15) is 0 Å². The third-order valence-electron chi connectivity index (χ3n) is 2.83. The Morgan fingerprint density at radius 2 is 2.00 bits per heavy atom. The van der Waals surface area contributed by atoms with Crippen molar-refractivity contribution >= 4 is 15.9 Å². The van der Waals surface area contributed by atoms with Crippen LogP contribution in [-0.2, 0) is 6.42 Å². The zero-order valence-electron chi connectivity index (χ0n) is 9.73. The molecule has 17 heavy (non-hydrogen) atoms. The molecule has 3 heteroatoms. The van der Waals surface area contributed by atoms with Crippen LogP contribution in [0.3, 0.4) is 0 Å². The third kappa shape index (κ3) is 3.14. The molecular weight excluding hydrogens is 276 g/mol. The first-order valence-corrected chi connectivity index (χ1v) is 6.37. The van der Waals surface area contributed by atoms with E-state index < -0.39 is 0 Å². The zero-order chi connectivity index (χ0) is 12.3. The number of halogens is 1. The predicted molar refractivity (Wildman–Crippen MR) is 73.7 cm³/mol. The van der Waals surface area contributed by atoms with E-state index in [-0.39, 0.29) is 6.04 Å². The second-order valence-corrected chi connectivity index (χ2v) is 5.05. The summed E-state index contributed by atoms with van der Waals surface area (Å²) in [6.07, 6.45) is 2.61. The SMILES string of the molecule is Cc1ccccc1CC(N)c1ccc(Br)cn1. The predicted octanol–water partition coefficient (Wildman–Crippen LogP) is 3.40. The van der Waals surface area contributed by atoms with Crippen LogP contribution >= 0.6 is 15.9 Å². The topological polar surface area (TPSA) is 38.9 Å². The van der Waals surface area contributed by atoms with Crippen LogP contribution < -0.4 is 5.73 Å². The van der Waals surface area contributed by atoms with Gasteiger partial charge in [0, 0.05) is 10.7 Å². The van der Waals surface area contributed by atoms with Crippen LogP contribution in [0.2, 0.25) is 0 Å². The summed E-state index contributed by atoms with van der Waals surface area (Å²) in [5.74, 6) is 0. The number of nitrogens with two attached hydrogens (primary N) is 1. The molecule has 0 saturated heterocycles. The Morgan fingerprint density at radius 1 is 1.24 bits per heavy atom. The molecule has 0 aliphatic carbocycles. The molecule has 1 atom stereocenters. The van der Waals surface area contributed by atoms with Gasteiger partial charge in [0.25, 0.3) is 0 Å². The average Bonchev–Trinajstić information content (AvgIpc) is 2.33. The van der Waals surface area contributed by atoms with Gasteiger partial charge >= 0.3 is 0 Å². The van der Waals surface area contributed by atoms with Crippen molar-refractivity contribution in [2.45, 2.75) is 19.4 Å². The molecule has 0 saturated carbocycles. The number of rotatable bonds is 3. The van der Waals surface area contributed by atoms with Crippen LogP contribution in [0.15, 0.2) is 47.1 Å². The van der Waals surface area contributed by atoms with Gasteiger partial charge in [-0.05, 0) is 52.5 Å². The number of benzene rings is 1. The van der Waals surface area contributed by atoms with Crippen molar-refractivity contribution in [3.8, 4) is 0 Å². The highest BCUT2D eigenvalue weighted by atomic mass is 79.9. The summed E-state index contributed by atoms with van der Waals surface area (Å²) in [5, 5.41) is 0. The second kappa shape index (κ2) is 5.43. The monoisotopic (exact) mass is 290 g/mol. The molecule has 0 aliphatic rings. The molecule has 1 unspecified atom stereocenters. The van der Waals surface area contributed by atoms with Crippen molar-refractivity contribution in [3.05, 3.63) is 63.9 Å². The minimum absolute atomic E-state index is 0.0517. The number of aromatic nitrogens is 1. The van der Waals surface area contributed by atoms with Crippen LogP contribution in [0, 0.1) is 6.92 Å². The fourth-order valence-corrected chi connectivity index (χ4v) is 2.02. The highest BCUT2D eigenvalue weighted by Crippen LogP contribution is 2.18. The van der Waals surface area contributed by atoms with Gasteiger partial charge in [0.2, 0.25) is 0 Å². The summed E-state index contributed by atoms with van der Waals surface area (Å²) in [6, 6.07) is 12.2. The van der Waals surface area contributed by atoms with Crippen LogP contribution in [0.25, 0.3) is 0 Å². The quantitative estimate of drug-likeness (QED) is 0.941. The van der Waals surface area contributed by atoms with Gasteiger partial charge < -0.3 is 5.73 Å². The van der Waals surface area contributed by atoms with Crippen LogP contribution in [0.4, 0.5) is 0 Å². The Hall–Kier alpha value is -1.19. The van der Waals surface area contributed by atoms with Crippen molar-refractivity contribution < 1.29 is 0 Å². The molecule has 0 spiro atoms. The first-order chi connectivity index (χ1) is 8.16.